The van der Waals surface area contributed by atoms with E-state index >= 15 is 0 Å². The lowest BCUT2D eigenvalue weighted by Gasteiger charge is -2.09. The molecule has 1 N–H and O–H groups in total. The van der Waals surface area contributed by atoms with Gasteiger partial charge in [0, 0.05) is 18.8 Å². The lowest BCUT2D eigenvalue weighted by molar-refractivity contribution is -0.120. The third-order valence-electron chi connectivity index (χ3n) is 1.84. The number of rotatable bonds is 4. The number of pyridine rings is 1. The van der Waals surface area contributed by atoms with E-state index in [9.17, 15) is 4.79 Å². The van der Waals surface area contributed by atoms with Crippen molar-refractivity contribution in [1.29, 1.82) is 0 Å². The van der Waals surface area contributed by atoms with E-state index in [2.05, 4.69) is 10.3 Å². The number of nitrogens with zero attached hydrogens (tertiary/aromatic N) is 1. The molecule has 0 aliphatic heterocycles. The molecule has 1 amide bonds. The summed E-state index contributed by atoms with van der Waals surface area (Å²) in [7, 11) is 1.53. The highest BCUT2D eigenvalue weighted by Gasteiger charge is 2.16. The minimum atomic E-state index is -0.705. The number of amides is 1. The number of nitrogens with one attached hydrogen (secondary N) is 1. The number of halogens is 1. The van der Waals surface area contributed by atoms with E-state index in [0.717, 1.165) is 0 Å². The van der Waals surface area contributed by atoms with Gasteiger partial charge < -0.3 is 10.1 Å². The molecule has 1 aromatic heterocycles. The zero-order valence-corrected chi connectivity index (χ0v) is 9.41. The molecule has 0 bridgehead atoms. The molecule has 0 saturated carbocycles. The summed E-state index contributed by atoms with van der Waals surface area (Å²) in [6.07, 6.45) is 1.53. The number of methoxy groups -OCH3 is 1. The van der Waals surface area contributed by atoms with Crippen molar-refractivity contribution < 1.29 is 9.53 Å². The van der Waals surface area contributed by atoms with Crippen LogP contribution in [-0.2, 0) is 4.79 Å². The van der Waals surface area contributed by atoms with Crippen LogP contribution in [0.3, 0.4) is 0 Å². The Balaban J connectivity index is 2.73. The van der Waals surface area contributed by atoms with Crippen LogP contribution in [-0.4, -0.2) is 24.5 Å². The lowest BCUT2D eigenvalue weighted by Crippen LogP contribution is -2.26. The number of carbonyl (C=O) groups excluding carboxylic acids is 1. The van der Waals surface area contributed by atoms with Gasteiger partial charge in [-0.2, -0.15) is 0 Å². The maximum Gasteiger partial charge on any atom is 0.242 e. The molecule has 0 aliphatic rings. The number of aromatic nitrogens is 1. The van der Waals surface area contributed by atoms with Crippen LogP contribution in [0.25, 0.3) is 0 Å². The number of hydrogen-bond donors (Lipinski definition) is 1. The zero-order chi connectivity index (χ0) is 11.3. The molecular formula is C10H13ClN2O2. The molecule has 82 valence electrons. The smallest absolute Gasteiger partial charge is 0.242 e. The van der Waals surface area contributed by atoms with Crippen LogP contribution in [0.5, 0.6) is 5.88 Å². The molecule has 15 heavy (non-hydrogen) atoms. The van der Waals surface area contributed by atoms with Gasteiger partial charge in [-0.3, -0.25) is 4.79 Å². The highest BCUT2D eigenvalue weighted by Crippen LogP contribution is 2.20. The summed E-state index contributed by atoms with van der Waals surface area (Å²) in [5, 5.41) is 1.94. The molecule has 1 heterocycles. The van der Waals surface area contributed by atoms with Crippen molar-refractivity contribution in [2.75, 3.05) is 13.7 Å². The molecular weight excluding hydrogens is 216 g/mol. The first-order valence-electron chi connectivity index (χ1n) is 4.60. The molecule has 0 aromatic carbocycles. The van der Waals surface area contributed by atoms with Crippen LogP contribution in [0, 0.1) is 0 Å². The second-order valence-electron chi connectivity index (χ2n) is 2.89. The second-order valence-corrected chi connectivity index (χ2v) is 3.33. The van der Waals surface area contributed by atoms with Gasteiger partial charge in [0.25, 0.3) is 0 Å². The van der Waals surface area contributed by atoms with Crippen molar-refractivity contribution in [3.63, 3.8) is 0 Å². The predicted octanol–water partition coefficient (Wildman–Crippen LogP) is 1.51. The largest absolute Gasteiger partial charge is 0.481 e. The number of carbonyl (C=O) groups is 1. The Bertz CT molecular complexity index is 327. The normalized spacial score (nSPS) is 11.9. The van der Waals surface area contributed by atoms with Crippen LogP contribution in [0.15, 0.2) is 18.3 Å². The van der Waals surface area contributed by atoms with Gasteiger partial charge in [-0.05, 0) is 12.5 Å². The standard InChI is InChI=1S/C10H13ClN2O2/c1-3-12-10(14)9(11)7-4-5-8(15-2)13-6-7/h4-6,9H,3H2,1-2H3,(H,12,14). The SMILES string of the molecule is CCNC(=O)C(Cl)c1ccc(OC)nc1. The molecule has 0 aliphatic carbocycles. The number of hydrogen-bond acceptors (Lipinski definition) is 3. The summed E-state index contributed by atoms with van der Waals surface area (Å²) in [6, 6.07) is 3.39. The summed E-state index contributed by atoms with van der Waals surface area (Å²) < 4.78 is 4.90. The molecule has 4 nitrogen and oxygen atoms in total. The highest BCUT2D eigenvalue weighted by molar-refractivity contribution is 6.30. The van der Waals surface area contributed by atoms with Crippen molar-refractivity contribution in [3.8, 4) is 5.88 Å². The summed E-state index contributed by atoms with van der Waals surface area (Å²) in [4.78, 5) is 15.4. The summed E-state index contributed by atoms with van der Waals surface area (Å²) in [6.45, 7) is 2.40. The van der Waals surface area contributed by atoms with Crippen LogP contribution in [0.4, 0.5) is 0 Å². The first-order valence-corrected chi connectivity index (χ1v) is 5.04. The summed E-state index contributed by atoms with van der Waals surface area (Å²) in [5.41, 5.74) is 0.656. The van der Waals surface area contributed by atoms with Gasteiger partial charge in [-0.15, -0.1) is 11.6 Å². The Morgan fingerprint density at radius 2 is 2.40 bits per heavy atom. The summed E-state index contributed by atoms with van der Waals surface area (Å²) in [5.74, 6) is 0.282. The highest BCUT2D eigenvalue weighted by atomic mass is 35.5. The van der Waals surface area contributed by atoms with Crippen LogP contribution >= 0.6 is 11.6 Å². The van der Waals surface area contributed by atoms with E-state index in [1.807, 2.05) is 6.92 Å². The predicted molar refractivity (Wildman–Crippen MR) is 58.1 cm³/mol. The van der Waals surface area contributed by atoms with Gasteiger partial charge in [0.2, 0.25) is 11.8 Å². The minimum Gasteiger partial charge on any atom is -0.481 e. The van der Waals surface area contributed by atoms with E-state index in [-0.39, 0.29) is 5.91 Å². The Kier molecular flexibility index (Phi) is 4.37. The quantitative estimate of drug-likeness (QED) is 0.795. The minimum absolute atomic E-state index is 0.217. The van der Waals surface area contributed by atoms with Crippen molar-refractivity contribution in [2.24, 2.45) is 0 Å². The van der Waals surface area contributed by atoms with Gasteiger partial charge in [0.1, 0.15) is 5.38 Å². The van der Waals surface area contributed by atoms with E-state index in [0.29, 0.717) is 18.0 Å². The average molecular weight is 229 g/mol. The molecule has 5 heteroatoms. The molecule has 0 saturated heterocycles. The Labute approximate surface area is 93.6 Å². The molecule has 1 unspecified atom stereocenters. The van der Waals surface area contributed by atoms with Crippen LogP contribution in [0.2, 0.25) is 0 Å². The van der Waals surface area contributed by atoms with E-state index in [1.54, 1.807) is 12.1 Å². The van der Waals surface area contributed by atoms with E-state index in [1.165, 1.54) is 13.3 Å². The third-order valence-corrected chi connectivity index (χ3v) is 2.29. The van der Waals surface area contributed by atoms with Crippen LogP contribution in [0.1, 0.15) is 17.9 Å². The van der Waals surface area contributed by atoms with Crippen molar-refractivity contribution in [1.82, 2.24) is 10.3 Å². The first-order chi connectivity index (χ1) is 7.19. The van der Waals surface area contributed by atoms with E-state index in [4.69, 9.17) is 16.3 Å². The van der Waals surface area contributed by atoms with Crippen molar-refractivity contribution in [2.45, 2.75) is 12.3 Å². The molecule has 0 spiro atoms. The van der Waals surface area contributed by atoms with Crippen molar-refractivity contribution >= 4 is 17.5 Å². The molecule has 0 fully saturated rings. The molecule has 1 aromatic rings. The number of likely N-dealkylation sites (N-methyl/N-ethyl adjacent to an activating group) is 1. The van der Waals surface area contributed by atoms with Crippen molar-refractivity contribution in [3.05, 3.63) is 23.9 Å². The van der Waals surface area contributed by atoms with Gasteiger partial charge in [-0.1, -0.05) is 6.07 Å². The number of ether oxygens (including phenoxy) is 1. The van der Waals surface area contributed by atoms with Gasteiger partial charge >= 0.3 is 0 Å². The topological polar surface area (TPSA) is 51.2 Å². The average Bonchev–Trinajstić information content (AvgIpc) is 2.28. The van der Waals surface area contributed by atoms with Gasteiger partial charge in [0.15, 0.2) is 0 Å². The van der Waals surface area contributed by atoms with E-state index < -0.39 is 5.38 Å². The Morgan fingerprint density at radius 3 is 2.87 bits per heavy atom. The second kappa shape index (κ2) is 5.56. The molecule has 1 rings (SSSR count). The summed E-state index contributed by atoms with van der Waals surface area (Å²) >= 11 is 5.94. The third kappa shape index (κ3) is 3.09. The molecule has 0 radical (unpaired) electrons. The Hall–Kier alpha value is -1.29. The van der Waals surface area contributed by atoms with Gasteiger partial charge in [-0.25, -0.2) is 4.98 Å². The van der Waals surface area contributed by atoms with Gasteiger partial charge in [0.05, 0.1) is 7.11 Å². The fourth-order valence-electron chi connectivity index (χ4n) is 1.08. The lowest BCUT2D eigenvalue weighted by atomic mass is 10.2. The maximum atomic E-state index is 11.4. The zero-order valence-electron chi connectivity index (χ0n) is 8.66. The monoisotopic (exact) mass is 228 g/mol. The fraction of sp³-hybridized carbons (Fsp3) is 0.400. The first kappa shape index (κ1) is 11.8. The number of alkyl halides is 1. The Morgan fingerprint density at radius 1 is 1.67 bits per heavy atom. The fourth-order valence-corrected chi connectivity index (χ4v) is 1.28. The van der Waals surface area contributed by atoms with Crippen LogP contribution < -0.4 is 10.1 Å². The molecule has 1 atom stereocenters. The maximum absolute atomic E-state index is 11.4.